The fourth-order valence-corrected chi connectivity index (χ4v) is 2.30. The highest BCUT2D eigenvalue weighted by molar-refractivity contribution is 9.08. The first kappa shape index (κ1) is 17.4. The lowest BCUT2D eigenvalue weighted by Crippen LogP contribution is -2.39. The van der Waals surface area contributed by atoms with Gasteiger partial charge in [-0.25, -0.2) is 0 Å². The highest BCUT2D eigenvalue weighted by Gasteiger charge is 2.41. The van der Waals surface area contributed by atoms with Crippen molar-refractivity contribution in [2.45, 2.75) is 19.2 Å². The first-order valence-corrected chi connectivity index (χ1v) is 7.40. The van der Waals surface area contributed by atoms with Crippen molar-refractivity contribution in [3.63, 3.8) is 0 Å². The summed E-state index contributed by atoms with van der Waals surface area (Å²) in [6.07, 6.45) is 0. The van der Waals surface area contributed by atoms with Crippen LogP contribution in [0.4, 0.5) is 0 Å². The van der Waals surface area contributed by atoms with E-state index in [0.717, 1.165) is 5.56 Å². The Morgan fingerprint density at radius 1 is 1.24 bits per heavy atom. The predicted molar refractivity (Wildman–Crippen MR) is 83.4 cm³/mol. The van der Waals surface area contributed by atoms with Crippen LogP contribution >= 0.6 is 15.9 Å². The SMILES string of the molecule is CON=C(C(=O)C(C)(C)C(=O)OC)c1ccccc1CBr. The Bertz CT molecular complexity index is 567. The minimum atomic E-state index is -1.34. The van der Waals surface area contributed by atoms with Gasteiger partial charge in [0.25, 0.3) is 0 Å². The molecule has 0 fully saturated rings. The lowest BCUT2D eigenvalue weighted by Gasteiger charge is -2.21. The summed E-state index contributed by atoms with van der Waals surface area (Å²) in [4.78, 5) is 29.3. The first-order chi connectivity index (χ1) is 9.89. The van der Waals surface area contributed by atoms with Crippen LogP contribution in [0.1, 0.15) is 25.0 Å². The molecule has 0 N–H and O–H groups in total. The summed E-state index contributed by atoms with van der Waals surface area (Å²) in [5.41, 5.74) is 0.259. The van der Waals surface area contributed by atoms with Crippen LogP contribution in [0, 0.1) is 5.41 Å². The van der Waals surface area contributed by atoms with Gasteiger partial charge >= 0.3 is 5.97 Å². The monoisotopic (exact) mass is 355 g/mol. The van der Waals surface area contributed by atoms with Gasteiger partial charge in [0.1, 0.15) is 12.5 Å². The Balaban J connectivity index is 3.35. The van der Waals surface area contributed by atoms with Gasteiger partial charge in [-0.15, -0.1) is 0 Å². The van der Waals surface area contributed by atoms with E-state index in [1.54, 1.807) is 12.1 Å². The smallest absolute Gasteiger partial charge is 0.319 e. The number of Topliss-reactive ketones (excluding diaryl/α,β-unsaturated/α-hetero) is 1. The van der Waals surface area contributed by atoms with Crippen molar-refractivity contribution in [2.24, 2.45) is 10.6 Å². The van der Waals surface area contributed by atoms with Gasteiger partial charge < -0.3 is 9.57 Å². The van der Waals surface area contributed by atoms with Crippen LogP contribution in [0.15, 0.2) is 29.4 Å². The Hall–Kier alpha value is -1.69. The van der Waals surface area contributed by atoms with Gasteiger partial charge in [0, 0.05) is 10.9 Å². The molecule has 114 valence electrons. The summed E-state index contributed by atoms with van der Waals surface area (Å²) in [6.45, 7) is 3.01. The van der Waals surface area contributed by atoms with E-state index >= 15 is 0 Å². The summed E-state index contributed by atoms with van der Waals surface area (Å²) in [7, 11) is 2.60. The van der Waals surface area contributed by atoms with Crippen molar-refractivity contribution in [1.82, 2.24) is 0 Å². The Labute approximate surface area is 132 Å². The van der Waals surface area contributed by atoms with Crippen LogP contribution in [0.5, 0.6) is 0 Å². The molecular weight excluding hydrogens is 338 g/mol. The van der Waals surface area contributed by atoms with Gasteiger partial charge in [-0.05, 0) is 19.4 Å². The standard InChI is InChI=1S/C15H18BrNO4/c1-15(2,14(19)20-3)13(18)12(17-21-4)11-8-6-5-7-10(11)9-16/h5-8H,9H2,1-4H3. The van der Waals surface area contributed by atoms with Crippen LogP contribution in [-0.4, -0.2) is 31.7 Å². The third kappa shape index (κ3) is 3.69. The van der Waals surface area contributed by atoms with Gasteiger partial charge in [0.2, 0.25) is 5.78 Å². The molecule has 0 spiro atoms. The van der Waals surface area contributed by atoms with E-state index in [1.807, 2.05) is 12.1 Å². The van der Waals surface area contributed by atoms with E-state index in [1.165, 1.54) is 28.1 Å². The molecule has 0 bridgehead atoms. The molecular formula is C15H18BrNO4. The van der Waals surface area contributed by atoms with E-state index < -0.39 is 17.2 Å². The molecule has 0 saturated carbocycles. The molecule has 1 aromatic carbocycles. The number of esters is 1. The van der Waals surface area contributed by atoms with Crippen LogP contribution < -0.4 is 0 Å². The summed E-state index contributed by atoms with van der Waals surface area (Å²) in [5, 5.41) is 4.38. The molecule has 21 heavy (non-hydrogen) atoms. The summed E-state index contributed by atoms with van der Waals surface area (Å²) in [5.74, 6) is -1.07. The first-order valence-electron chi connectivity index (χ1n) is 6.28. The Kier molecular flexibility index (Phi) is 6.08. The minimum absolute atomic E-state index is 0.1000. The molecule has 0 aromatic heterocycles. The maximum absolute atomic E-state index is 12.7. The number of rotatable bonds is 6. The fraction of sp³-hybridized carbons (Fsp3) is 0.400. The van der Waals surface area contributed by atoms with Crippen molar-refractivity contribution >= 4 is 33.4 Å². The molecule has 0 aliphatic rings. The topological polar surface area (TPSA) is 65.0 Å². The van der Waals surface area contributed by atoms with Crippen molar-refractivity contribution in [2.75, 3.05) is 14.2 Å². The Morgan fingerprint density at radius 3 is 2.38 bits per heavy atom. The molecule has 0 saturated heterocycles. The largest absolute Gasteiger partial charge is 0.468 e. The van der Waals surface area contributed by atoms with E-state index in [-0.39, 0.29) is 5.71 Å². The molecule has 0 amide bonds. The normalized spacial score (nSPS) is 12.0. The van der Waals surface area contributed by atoms with Gasteiger partial charge in [0.05, 0.1) is 7.11 Å². The zero-order chi connectivity index (χ0) is 16.0. The molecule has 5 nitrogen and oxygen atoms in total. The van der Waals surface area contributed by atoms with Crippen molar-refractivity contribution in [3.05, 3.63) is 35.4 Å². The number of halogens is 1. The highest BCUT2D eigenvalue weighted by Crippen LogP contribution is 2.24. The van der Waals surface area contributed by atoms with Crippen LogP contribution in [-0.2, 0) is 24.5 Å². The number of hydrogen-bond acceptors (Lipinski definition) is 5. The molecule has 0 radical (unpaired) electrons. The number of methoxy groups -OCH3 is 1. The average Bonchev–Trinajstić information content (AvgIpc) is 2.50. The lowest BCUT2D eigenvalue weighted by molar-refractivity contribution is -0.153. The second-order valence-corrected chi connectivity index (χ2v) is 5.42. The van der Waals surface area contributed by atoms with E-state index in [2.05, 4.69) is 21.1 Å². The minimum Gasteiger partial charge on any atom is -0.468 e. The van der Waals surface area contributed by atoms with Crippen molar-refractivity contribution in [3.8, 4) is 0 Å². The quantitative estimate of drug-likeness (QED) is 0.258. The molecule has 0 aliphatic heterocycles. The summed E-state index contributed by atoms with van der Waals surface area (Å²) < 4.78 is 4.69. The molecule has 6 heteroatoms. The third-order valence-electron chi connectivity index (χ3n) is 3.08. The fourth-order valence-electron chi connectivity index (χ4n) is 1.82. The average molecular weight is 356 g/mol. The highest BCUT2D eigenvalue weighted by atomic mass is 79.9. The summed E-state index contributed by atoms with van der Waals surface area (Å²) >= 11 is 3.37. The number of hydrogen-bond donors (Lipinski definition) is 0. The number of carbonyl (C=O) groups excluding carboxylic acids is 2. The lowest BCUT2D eigenvalue weighted by atomic mass is 9.83. The van der Waals surface area contributed by atoms with E-state index in [4.69, 9.17) is 9.57 Å². The number of benzene rings is 1. The number of alkyl halides is 1. The Morgan fingerprint density at radius 2 is 1.86 bits per heavy atom. The number of oxime groups is 1. The second kappa shape index (κ2) is 7.36. The van der Waals surface area contributed by atoms with Crippen LogP contribution in [0.25, 0.3) is 0 Å². The molecule has 1 rings (SSSR count). The molecule has 0 heterocycles. The predicted octanol–water partition coefficient (Wildman–Crippen LogP) is 2.70. The molecule has 1 aromatic rings. The molecule has 0 unspecified atom stereocenters. The van der Waals surface area contributed by atoms with Gasteiger partial charge in [0.15, 0.2) is 5.71 Å². The van der Waals surface area contributed by atoms with Crippen molar-refractivity contribution < 1.29 is 19.2 Å². The van der Waals surface area contributed by atoms with E-state index in [9.17, 15) is 9.59 Å². The number of ketones is 1. The van der Waals surface area contributed by atoms with Crippen molar-refractivity contribution in [1.29, 1.82) is 0 Å². The second-order valence-electron chi connectivity index (χ2n) is 4.86. The van der Waals surface area contributed by atoms with Gasteiger partial charge in [-0.3, -0.25) is 9.59 Å². The zero-order valence-electron chi connectivity index (χ0n) is 12.5. The maximum atomic E-state index is 12.7. The van der Waals surface area contributed by atoms with Crippen LogP contribution in [0.3, 0.4) is 0 Å². The number of carbonyl (C=O) groups is 2. The van der Waals surface area contributed by atoms with Crippen LogP contribution in [0.2, 0.25) is 0 Å². The zero-order valence-corrected chi connectivity index (χ0v) is 14.1. The number of nitrogens with zero attached hydrogens (tertiary/aromatic N) is 1. The third-order valence-corrected chi connectivity index (χ3v) is 3.68. The number of ether oxygens (including phenoxy) is 1. The summed E-state index contributed by atoms with van der Waals surface area (Å²) in [6, 6.07) is 7.29. The van der Waals surface area contributed by atoms with E-state index in [0.29, 0.717) is 10.9 Å². The maximum Gasteiger partial charge on any atom is 0.319 e. The van der Waals surface area contributed by atoms with Gasteiger partial charge in [-0.2, -0.15) is 0 Å². The van der Waals surface area contributed by atoms with Gasteiger partial charge in [-0.1, -0.05) is 45.4 Å². The molecule has 0 aliphatic carbocycles. The molecule has 0 atom stereocenters.